The summed E-state index contributed by atoms with van der Waals surface area (Å²) in [6, 6.07) is 36.1. The van der Waals surface area contributed by atoms with E-state index in [0.717, 1.165) is 38.0 Å². The Labute approximate surface area is 392 Å². The van der Waals surface area contributed by atoms with E-state index < -0.39 is 17.7 Å². The Morgan fingerprint density at radius 3 is 2.30 bits per heavy atom. The lowest BCUT2D eigenvalue weighted by Gasteiger charge is -2.36. The van der Waals surface area contributed by atoms with Crippen molar-refractivity contribution in [3.8, 4) is 11.5 Å². The molecule has 6 aromatic rings. The molecule has 0 bridgehead atoms. The van der Waals surface area contributed by atoms with Gasteiger partial charge in [0.1, 0.15) is 11.5 Å². The molecular formula is C52H54ClN5O9. The van der Waals surface area contributed by atoms with Crippen LogP contribution >= 0.6 is 11.6 Å². The number of carbonyl (C=O) groups is 3. The van der Waals surface area contributed by atoms with Crippen molar-refractivity contribution in [3.63, 3.8) is 0 Å². The molecule has 8 rings (SSSR count). The van der Waals surface area contributed by atoms with Gasteiger partial charge in [0, 0.05) is 59.3 Å². The average molecular weight is 928 g/mol. The summed E-state index contributed by atoms with van der Waals surface area (Å²) in [6.07, 6.45) is 1.86. The monoisotopic (exact) mass is 927 g/mol. The van der Waals surface area contributed by atoms with Gasteiger partial charge < -0.3 is 45.7 Å². The second-order valence-electron chi connectivity index (χ2n) is 17.3. The standard InChI is InChI=1S/C52H54ClN5O9/c53-44-24-35(14-15-36(44)28-54-29-46(60)42-16-18-45(59)49-43(42)17-19-47(61)57-49)50(63)56-40-26-39(27-40)55-48(62)32-66-41-13-7-12-38(25-41)52(65,37-10-5-2-6-11-37)51(64)67-31-34-20-22-58(23-21-34)30-33-8-3-1-4-9-33/h1-19,24-25,34,39-40,46,54,59-60,65H,20-23,26-32H2,(H,55,62)(H,56,63)(H,57,61)/t39?,40?,46-,52-/m0/s1. The lowest BCUT2D eigenvalue weighted by molar-refractivity contribution is -0.164. The number of carbonyl (C=O) groups excluding carboxylic acids is 3. The highest BCUT2D eigenvalue weighted by molar-refractivity contribution is 6.31. The van der Waals surface area contributed by atoms with Gasteiger partial charge in [-0.3, -0.25) is 19.3 Å². The number of likely N-dealkylation sites (tertiary alicyclic amines) is 1. The summed E-state index contributed by atoms with van der Waals surface area (Å²) < 4.78 is 11.7. The van der Waals surface area contributed by atoms with E-state index in [1.807, 2.05) is 18.2 Å². The van der Waals surface area contributed by atoms with Crippen LogP contribution in [0.4, 0.5) is 0 Å². The number of pyridine rings is 1. The largest absolute Gasteiger partial charge is 0.506 e. The molecule has 1 aromatic heterocycles. The van der Waals surface area contributed by atoms with Crippen molar-refractivity contribution in [1.82, 2.24) is 25.8 Å². The Kier molecular flexibility index (Phi) is 15.0. The lowest BCUT2D eigenvalue weighted by Crippen LogP contribution is -2.54. The fraction of sp³-hybridized carbons (Fsp3) is 0.308. The van der Waals surface area contributed by atoms with E-state index in [2.05, 4.69) is 38.0 Å². The van der Waals surface area contributed by atoms with Crippen LogP contribution < -0.4 is 26.2 Å². The van der Waals surface area contributed by atoms with Crippen LogP contribution in [0.3, 0.4) is 0 Å². The number of phenolic OH excluding ortho intramolecular Hbond substituents is 1. The molecule has 0 radical (unpaired) electrons. The number of aliphatic hydroxyl groups excluding tert-OH is 1. The highest BCUT2D eigenvalue weighted by Gasteiger charge is 2.42. The molecule has 14 nitrogen and oxygen atoms in total. The third kappa shape index (κ3) is 11.5. The normalized spacial score (nSPS) is 17.7. The van der Waals surface area contributed by atoms with E-state index in [1.54, 1.807) is 84.9 Å². The minimum absolute atomic E-state index is 0.0904. The van der Waals surface area contributed by atoms with Crippen molar-refractivity contribution in [2.24, 2.45) is 5.92 Å². The number of hydrogen-bond donors (Lipinski definition) is 7. The van der Waals surface area contributed by atoms with Gasteiger partial charge in [-0.15, -0.1) is 0 Å². The van der Waals surface area contributed by atoms with Gasteiger partial charge in [0.2, 0.25) is 11.2 Å². The zero-order chi connectivity index (χ0) is 46.9. The number of fused-ring (bicyclic) bond motifs is 1. The van der Waals surface area contributed by atoms with Crippen LogP contribution in [0, 0.1) is 5.92 Å². The van der Waals surface area contributed by atoms with Crippen LogP contribution in [0.15, 0.2) is 132 Å². The van der Waals surface area contributed by atoms with Crippen molar-refractivity contribution < 1.29 is 39.2 Å². The van der Waals surface area contributed by atoms with E-state index in [-0.39, 0.29) is 72.0 Å². The lowest BCUT2D eigenvalue weighted by atomic mass is 9.86. The topological polar surface area (TPSA) is 203 Å². The quantitative estimate of drug-likeness (QED) is 0.0510. The maximum atomic E-state index is 13.8. The summed E-state index contributed by atoms with van der Waals surface area (Å²) in [7, 11) is 0. The molecule has 0 unspecified atom stereocenters. The molecule has 1 saturated carbocycles. The molecule has 67 heavy (non-hydrogen) atoms. The second-order valence-corrected chi connectivity index (χ2v) is 17.7. The summed E-state index contributed by atoms with van der Waals surface area (Å²) in [4.78, 5) is 56.6. The van der Waals surface area contributed by atoms with Crippen LogP contribution in [-0.2, 0) is 33.0 Å². The summed E-state index contributed by atoms with van der Waals surface area (Å²) in [5, 5.41) is 43.2. The third-order valence-electron chi connectivity index (χ3n) is 12.6. The first kappa shape index (κ1) is 47.0. The van der Waals surface area contributed by atoms with Gasteiger partial charge in [0.05, 0.1) is 18.2 Å². The number of nitrogens with zero attached hydrogens (tertiary/aromatic N) is 1. The van der Waals surface area contributed by atoms with Crippen LogP contribution in [-0.4, -0.2) is 87.9 Å². The molecule has 2 amide bonds. The number of amides is 2. The van der Waals surface area contributed by atoms with E-state index >= 15 is 0 Å². The van der Waals surface area contributed by atoms with Crippen LogP contribution in [0.25, 0.3) is 10.9 Å². The average Bonchev–Trinajstić information content (AvgIpc) is 3.33. The number of aromatic amines is 1. The second kappa shape index (κ2) is 21.4. The molecule has 2 atom stereocenters. The molecule has 0 spiro atoms. The fourth-order valence-electron chi connectivity index (χ4n) is 8.72. The molecule has 5 aromatic carbocycles. The van der Waals surface area contributed by atoms with E-state index in [1.165, 1.54) is 17.7 Å². The van der Waals surface area contributed by atoms with E-state index in [9.17, 15) is 34.5 Å². The molecule has 1 saturated heterocycles. The van der Waals surface area contributed by atoms with Gasteiger partial charge in [-0.1, -0.05) is 96.5 Å². The maximum Gasteiger partial charge on any atom is 0.347 e. The van der Waals surface area contributed by atoms with Crippen molar-refractivity contribution in [1.29, 1.82) is 0 Å². The number of piperidine rings is 1. The minimum Gasteiger partial charge on any atom is -0.506 e. The molecule has 348 valence electrons. The molecule has 15 heteroatoms. The van der Waals surface area contributed by atoms with Crippen molar-refractivity contribution in [2.75, 3.05) is 32.8 Å². The SMILES string of the molecule is O=C(COc1cccc([C@](O)(C(=O)OCC2CCN(Cc3ccccc3)CC2)c2ccccc2)c1)NC1CC(NC(=O)c2ccc(CNC[C@H](O)c3ccc(O)c4[nH]c(=O)ccc34)c(Cl)c2)C1. The predicted octanol–water partition coefficient (Wildman–Crippen LogP) is 5.86. The number of nitrogens with one attached hydrogen (secondary N) is 4. The summed E-state index contributed by atoms with van der Waals surface area (Å²) in [6.45, 7) is 3.02. The molecule has 2 heterocycles. The summed E-state index contributed by atoms with van der Waals surface area (Å²) in [5.74, 6) is -1.07. The molecule has 7 N–H and O–H groups in total. The smallest absolute Gasteiger partial charge is 0.347 e. The van der Waals surface area contributed by atoms with E-state index in [0.29, 0.717) is 52.2 Å². The molecule has 2 fully saturated rings. The first-order valence-electron chi connectivity index (χ1n) is 22.5. The summed E-state index contributed by atoms with van der Waals surface area (Å²) >= 11 is 6.55. The van der Waals surface area contributed by atoms with Crippen molar-refractivity contribution in [2.45, 2.75) is 62.6 Å². The first-order chi connectivity index (χ1) is 32.4. The van der Waals surface area contributed by atoms with Gasteiger partial charge in [-0.25, -0.2) is 4.79 Å². The fourth-order valence-corrected chi connectivity index (χ4v) is 8.97. The summed E-state index contributed by atoms with van der Waals surface area (Å²) in [5.41, 5.74) is 1.28. The molecular weight excluding hydrogens is 874 g/mol. The number of aliphatic hydroxyl groups is 2. The van der Waals surface area contributed by atoms with Gasteiger partial charge in [-0.2, -0.15) is 0 Å². The number of esters is 1. The number of ether oxygens (including phenoxy) is 2. The Morgan fingerprint density at radius 1 is 0.836 bits per heavy atom. The number of phenols is 1. The van der Waals surface area contributed by atoms with Crippen LogP contribution in [0.1, 0.15) is 70.0 Å². The number of hydrogen-bond acceptors (Lipinski definition) is 11. The number of aromatic nitrogens is 1. The third-order valence-corrected chi connectivity index (χ3v) is 12.9. The zero-order valence-electron chi connectivity index (χ0n) is 36.8. The number of benzene rings is 5. The Hall–Kier alpha value is -6.55. The highest BCUT2D eigenvalue weighted by atomic mass is 35.5. The Morgan fingerprint density at radius 2 is 1.55 bits per heavy atom. The van der Waals surface area contributed by atoms with Crippen molar-refractivity contribution in [3.05, 3.63) is 176 Å². The zero-order valence-corrected chi connectivity index (χ0v) is 37.6. The van der Waals surface area contributed by atoms with Gasteiger partial charge in [-0.05, 0) is 103 Å². The molecule has 2 aliphatic rings. The highest BCUT2D eigenvalue weighted by Crippen LogP contribution is 2.34. The van der Waals surface area contributed by atoms with Gasteiger partial charge in [0.25, 0.3) is 11.8 Å². The molecule has 1 aliphatic carbocycles. The predicted molar refractivity (Wildman–Crippen MR) is 254 cm³/mol. The Balaban J connectivity index is 0.773. The van der Waals surface area contributed by atoms with Crippen LogP contribution in [0.5, 0.6) is 11.5 Å². The number of H-pyrrole nitrogens is 1. The number of aromatic hydroxyl groups is 1. The first-order valence-corrected chi connectivity index (χ1v) is 22.9. The maximum absolute atomic E-state index is 13.8. The van der Waals surface area contributed by atoms with Crippen molar-refractivity contribution >= 4 is 40.3 Å². The van der Waals surface area contributed by atoms with E-state index in [4.69, 9.17) is 21.1 Å². The van der Waals surface area contributed by atoms with Crippen LogP contribution in [0.2, 0.25) is 5.02 Å². The Bertz CT molecular complexity index is 2740. The minimum atomic E-state index is -2.12. The van der Waals surface area contributed by atoms with Gasteiger partial charge >= 0.3 is 5.97 Å². The number of rotatable bonds is 18. The number of halogens is 1. The van der Waals surface area contributed by atoms with Gasteiger partial charge in [0.15, 0.2) is 6.61 Å². The molecule has 1 aliphatic heterocycles.